The predicted octanol–water partition coefficient (Wildman–Crippen LogP) is 2.06. The largest absolute Gasteiger partial charge is 0.467 e. The summed E-state index contributed by atoms with van der Waals surface area (Å²) in [4.78, 5) is 19.9. The summed E-state index contributed by atoms with van der Waals surface area (Å²) in [7, 11) is 1.59. The average Bonchev–Trinajstić information content (AvgIpc) is 3.30. The monoisotopic (exact) mass is 297 g/mol. The van der Waals surface area contributed by atoms with Crippen molar-refractivity contribution < 1.29 is 4.74 Å². The molecule has 0 radical (unpaired) electrons. The Morgan fingerprint density at radius 2 is 1.82 bits per heavy atom. The Hall–Kier alpha value is -2.24. The third-order valence-electron chi connectivity index (χ3n) is 4.31. The molecule has 3 heterocycles. The molecule has 0 N–H and O–H groups in total. The van der Waals surface area contributed by atoms with Crippen molar-refractivity contribution in [2.24, 2.45) is 0 Å². The molecule has 0 amide bonds. The number of hydrogen-bond acceptors (Lipinski definition) is 6. The molecule has 1 aliphatic carbocycles. The second-order valence-electron chi connectivity index (χ2n) is 6.10. The number of nitrogens with zero attached hydrogens (tertiary/aromatic N) is 5. The van der Waals surface area contributed by atoms with Crippen LogP contribution in [-0.4, -0.2) is 40.1 Å². The molecule has 0 bridgehead atoms. The lowest BCUT2D eigenvalue weighted by Gasteiger charge is -2.39. The van der Waals surface area contributed by atoms with Crippen molar-refractivity contribution in [3.05, 3.63) is 35.5 Å². The third kappa shape index (κ3) is 2.49. The number of ether oxygens (including phenoxy) is 1. The zero-order valence-electron chi connectivity index (χ0n) is 12.9. The molecule has 6 nitrogen and oxygen atoms in total. The zero-order chi connectivity index (χ0) is 15.1. The Bertz CT molecular complexity index is 677. The lowest BCUT2D eigenvalue weighted by atomic mass is 9.99. The number of methoxy groups -OCH3 is 1. The number of aromatic nitrogens is 4. The Labute approximate surface area is 129 Å². The van der Waals surface area contributed by atoms with Crippen LogP contribution in [-0.2, 0) is 0 Å². The van der Waals surface area contributed by atoms with Gasteiger partial charge >= 0.3 is 6.01 Å². The molecule has 1 saturated carbocycles. The van der Waals surface area contributed by atoms with Crippen molar-refractivity contribution in [3.8, 4) is 6.01 Å². The van der Waals surface area contributed by atoms with Crippen molar-refractivity contribution in [2.75, 3.05) is 25.1 Å². The molecule has 4 rings (SSSR count). The zero-order valence-corrected chi connectivity index (χ0v) is 12.9. The molecule has 1 saturated heterocycles. The van der Waals surface area contributed by atoms with Gasteiger partial charge in [0.1, 0.15) is 11.6 Å². The minimum Gasteiger partial charge on any atom is -0.467 e. The van der Waals surface area contributed by atoms with Crippen LogP contribution >= 0.6 is 0 Å². The van der Waals surface area contributed by atoms with Crippen molar-refractivity contribution in [1.82, 2.24) is 19.9 Å². The van der Waals surface area contributed by atoms with E-state index in [1.165, 1.54) is 18.4 Å². The number of anilines is 1. The molecule has 2 aromatic rings. The lowest BCUT2D eigenvalue weighted by molar-refractivity contribution is 0.377. The fraction of sp³-hybridized carbons (Fsp3) is 0.500. The van der Waals surface area contributed by atoms with Gasteiger partial charge in [-0.05, 0) is 31.2 Å². The van der Waals surface area contributed by atoms with Gasteiger partial charge < -0.3 is 9.64 Å². The Balaban J connectivity index is 1.43. The van der Waals surface area contributed by atoms with E-state index < -0.39 is 0 Å². The van der Waals surface area contributed by atoms with Crippen LogP contribution in [0.3, 0.4) is 0 Å². The molecule has 1 aliphatic heterocycles. The van der Waals surface area contributed by atoms with E-state index in [-0.39, 0.29) is 0 Å². The van der Waals surface area contributed by atoms with E-state index in [0.29, 0.717) is 17.8 Å². The maximum Gasteiger partial charge on any atom is 0.318 e. The molecule has 0 atom stereocenters. The first kappa shape index (κ1) is 13.4. The third-order valence-corrected chi connectivity index (χ3v) is 4.31. The summed E-state index contributed by atoms with van der Waals surface area (Å²) in [6.07, 6.45) is 6.57. The molecular weight excluding hydrogens is 278 g/mol. The van der Waals surface area contributed by atoms with Crippen LogP contribution in [0.5, 0.6) is 6.01 Å². The fourth-order valence-corrected chi connectivity index (χ4v) is 2.79. The van der Waals surface area contributed by atoms with Gasteiger partial charge in [-0.2, -0.15) is 4.98 Å². The summed E-state index contributed by atoms with van der Waals surface area (Å²) in [6, 6.07) is 2.40. The van der Waals surface area contributed by atoms with Crippen molar-refractivity contribution in [3.63, 3.8) is 0 Å². The van der Waals surface area contributed by atoms with E-state index >= 15 is 0 Å². The fourth-order valence-electron chi connectivity index (χ4n) is 2.79. The van der Waals surface area contributed by atoms with Gasteiger partial charge in [0.15, 0.2) is 0 Å². The van der Waals surface area contributed by atoms with Crippen LogP contribution in [0.1, 0.15) is 41.8 Å². The Kier molecular flexibility index (Phi) is 3.17. The molecule has 0 spiro atoms. The van der Waals surface area contributed by atoms with E-state index in [9.17, 15) is 0 Å². The van der Waals surface area contributed by atoms with Gasteiger partial charge in [-0.1, -0.05) is 0 Å². The molecule has 0 aromatic carbocycles. The van der Waals surface area contributed by atoms with Gasteiger partial charge in [-0.3, -0.25) is 0 Å². The van der Waals surface area contributed by atoms with Crippen LogP contribution in [0.15, 0.2) is 18.5 Å². The number of hydrogen-bond donors (Lipinski definition) is 0. The van der Waals surface area contributed by atoms with Gasteiger partial charge in [0, 0.05) is 37.2 Å². The highest BCUT2D eigenvalue weighted by molar-refractivity contribution is 5.45. The van der Waals surface area contributed by atoms with Crippen LogP contribution in [0.4, 0.5) is 5.82 Å². The minimum absolute atomic E-state index is 0.384. The van der Waals surface area contributed by atoms with Gasteiger partial charge in [-0.15, -0.1) is 0 Å². The topological polar surface area (TPSA) is 64.0 Å². The molecular formula is C16H19N5O. The summed E-state index contributed by atoms with van der Waals surface area (Å²) < 4.78 is 5.13. The van der Waals surface area contributed by atoms with E-state index in [2.05, 4.69) is 24.8 Å². The Morgan fingerprint density at radius 3 is 2.45 bits per heavy atom. The van der Waals surface area contributed by atoms with E-state index in [4.69, 9.17) is 4.74 Å². The van der Waals surface area contributed by atoms with Crippen LogP contribution < -0.4 is 9.64 Å². The summed E-state index contributed by atoms with van der Waals surface area (Å²) in [5, 5.41) is 0. The summed E-state index contributed by atoms with van der Waals surface area (Å²) >= 11 is 0. The van der Waals surface area contributed by atoms with Gasteiger partial charge in [0.05, 0.1) is 13.0 Å². The molecule has 2 aromatic heterocycles. The van der Waals surface area contributed by atoms with Gasteiger partial charge in [0.25, 0.3) is 0 Å². The predicted molar refractivity (Wildman–Crippen MR) is 82.3 cm³/mol. The summed E-state index contributed by atoms with van der Waals surface area (Å²) in [5.41, 5.74) is 2.20. The number of aryl methyl sites for hydroxylation is 1. The number of rotatable bonds is 4. The van der Waals surface area contributed by atoms with Gasteiger partial charge in [0.2, 0.25) is 0 Å². The molecule has 0 unspecified atom stereocenters. The van der Waals surface area contributed by atoms with Crippen molar-refractivity contribution in [2.45, 2.75) is 31.6 Å². The minimum atomic E-state index is 0.384. The second kappa shape index (κ2) is 5.19. The molecule has 114 valence electrons. The highest BCUT2D eigenvalue weighted by Crippen LogP contribution is 2.39. The van der Waals surface area contributed by atoms with Gasteiger partial charge in [-0.25, -0.2) is 15.0 Å². The average molecular weight is 297 g/mol. The smallest absolute Gasteiger partial charge is 0.318 e. The normalized spacial score (nSPS) is 18.2. The second-order valence-corrected chi connectivity index (χ2v) is 6.10. The van der Waals surface area contributed by atoms with E-state index in [0.717, 1.165) is 30.4 Å². The maximum absolute atomic E-state index is 5.13. The Morgan fingerprint density at radius 1 is 1.09 bits per heavy atom. The van der Waals surface area contributed by atoms with Crippen LogP contribution in [0.2, 0.25) is 0 Å². The quantitative estimate of drug-likeness (QED) is 0.861. The molecule has 6 heteroatoms. The van der Waals surface area contributed by atoms with E-state index in [1.807, 2.05) is 25.4 Å². The van der Waals surface area contributed by atoms with Crippen molar-refractivity contribution >= 4 is 5.82 Å². The first-order valence-electron chi connectivity index (χ1n) is 7.69. The first-order chi connectivity index (χ1) is 10.7. The molecule has 22 heavy (non-hydrogen) atoms. The first-order valence-corrected chi connectivity index (χ1v) is 7.69. The molecule has 2 fully saturated rings. The standard InChI is InChI=1S/C16H19N5O/c1-10-5-14(20-16(19-10)22-2)21-8-13(9-21)15-17-6-12(7-18-15)11-3-4-11/h5-7,11,13H,3-4,8-9H2,1-2H3. The van der Waals surface area contributed by atoms with Crippen LogP contribution in [0.25, 0.3) is 0 Å². The maximum atomic E-state index is 5.13. The summed E-state index contributed by atoms with van der Waals surface area (Å²) in [5.74, 6) is 2.95. The summed E-state index contributed by atoms with van der Waals surface area (Å²) in [6.45, 7) is 3.73. The van der Waals surface area contributed by atoms with Crippen molar-refractivity contribution in [1.29, 1.82) is 0 Å². The van der Waals surface area contributed by atoms with Crippen LogP contribution in [0, 0.1) is 6.92 Å². The SMILES string of the molecule is COc1nc(C)cc(N2CC(c3ncc(C4CC4)cn3)C2)n1. The highest BCUT2D eigenvalue weighted by Gasteiger charge is 2.32. The van der Waals surface area contributed by atoms with E-state index in [1.54, 1.807) is 7.11 Å². The molecule has 2 aliphatic rings. The lowest BCUT2D eigenvalue weighted by Crippen LogP contribution is -2.46. The highest BCUT2D eigenvalue weighted by atomic mass is 16.5.